The van der Waals surface area contributed by atoms with Gasteiger partial charge in [0.2, 0.25) is 6.41 Å². The number of nitrogens with zero attached hydrogens (tertiary/aromatic N) is 3. The first kappa shape index (κ1) is 19.0. The molecular formula is C21H28N4O2. The molecule has 0 aliphatic heterocycles. The van der Waals surface area contributed by atoms with Crippen molar-refractivity contribution in [2.24, 2.45) is 0 Å². The molecule has 1 aliphatic rings. The molecular weight excluding hydrogens is 340 g/mol. The SMILES string of the molecule is CNc1cnc(N(C)c2ccc(OC)cc2C)cc1N(C=O)C1CCCC1. The van der Waals surface area contributed by atoms with E-state index in [1.54, 1.807) is 13.3 Å². The Morgan fingerprint density at radius 2 is 1.96 bits per heavy atom. The summed E-state index contributed by atoms with van der Waals surface area (Å²) in [5.41, 5.74) is 3.88. The fourth-order valence-electron chi connectivity index (χ4n) is 3.80. The summed E-state index contributed by atoms with van der Waals surface area (Å²) in [7, 11) is 5.51. The van der Waals surface area contributed by atoms with Gasteiger partial charge in [0.15, 0.2) is 0 Å². The Morgan fingerprint density at radius 1 is 1.22 bits per heavy atom. The average Bonchev–Trinajstić information content (AvgIpc) is 3.22. The largest absolute Gasteiger partial charge is 0.497 e. The molecule has 1 N–H and O–H groups in total. The van der Waals surface area contributed by atoms with Crippen molar-refractivity contribution in [3.8, 4) is 5.75 Å². The van der Waals surface area contributed by atoms with Crippen LogP contribution in [0.3, 0.4) is 0 Å². The van der Waals surface area contributed by atoms with Crippen LogP contribution in [0.2, 0.25) is 0 Å². The topological polar surface area (TPSA) is 57.7 Å². The van der Waals surface area contributed by atoms with Crippen LogP contribution >= 0.6 is 0 Å². The van der Waals surface area contributed by atoms with Gasteiger partial charge in [-0.05, 0) is 43.5 Å². The Hall–Kier alpha value is -2.76. The highest BCUT2D eigenvalue weighted by atomic mass is 16.5. The lowest BCUT2D eigenvalue weighted by molar-refractivity contribution is -0.107. The summed E-state index contributed by atoms with van der Waals surface area (Å²) >= 11 is 0. The maximum absolute atomic E-state index is 11.9. The van der Waals surface area contributed by atoms with E-state index in [0.29, 0.717) is 0 Å². The molecule has 0 atom stereocenters. The Bertz CT molecular complexity index is 803. The standard InChI is InChI=1S/C21H28N4O2/c1-15-11-17(27-4)9-10-19(15)24(3)21-12-20(18(22-2)13-23-21)25(14-26)16-7-5-6-8-16/h9-14,16,22H,5-8H2,1-4H3. The number of anilines is 4. The molecule has 27 heavy (non-hydrogen) atoms. The van der Waals surface area contributed by atoms with Crippen LogP contribution in [-0.2, 0) is 4.79 Å². The second-order valence-electron chi connectivity index (χ2n) is 6.97. The highest BCUT2D eigenvalue weighted by Gasteiger charge is 2.25. The molecule has 0 bridgehead atoms. The smallest absolute Gasteiger partial charge is 0.214 e. The zero-order valence-electron chi connectivity index (χ0n) is 16.5. The first-order chi connectivity index (χ1) is 13.1. The number of hydrogen-bond donors (Lipinski definition) is 1. The molecule has 0 radical (unpaired) electrons. The Labute approximate surface area is 161 Å². The molecule has 2 aromatic rings. The third-order valence-corrected chi connectivity index (χ3v) is 5.36. The molecule has 1 saturated carbocycles. The summed E-state index contributed by atoms with van der Waals surface area (Å²) in [6.07, 6.45) is 7.19. The summed E-state index contributed by atoms with van der Waals surface area (Å²) in [5.74, 6) is 1.62. The molecule has 0 spiro atoms. The lowest BCUT2D eigenvalue weighted by Gasteiger charge is -2.28. The molecule has 1 heterocycles. The molecule has 1 aromatic heterocycles. The van der Waals surface area contributed by atoms with E-state index in [1.165, 1.54) is 12.8 Å². The van der Waals surface area contributed by atoms with E-state index >= 15 is 0 Å². The number of aryl methyl sites for hydroxylation is 1. The maximum Gasteiger partial charge on any atom is 0.214 e. The molecule has 3 rings (SSSR count). The summed E-state index contributed by atoms with van der Waals surface area (Å²) in [6, 6.07) is 8.22. The molecule has 144 valence electrons. The third-order valence-electron chi connectivity index (χ3n) is 5.36. The van der Waals surface area contributed by atoms with Gasteiger partial charge in [-0.25, -0.2) is 4.98 Å². The highest BCUT2D eigenvalue weighted by molar-refractivity contribution is 5.86. The summed E-state index contributed by atoms with van der Waals surface area (Å²) in [6.45, 7) is 2.05. The average molecular weight is 368 g/mol. The van der Waals surface area contributed by atoms with Crippen molar-refractivity contribution in [2.75, 3.05) is 36.3 Å². The van der Waals surface area contributed by atoms with Gasteiger partial charge in [-0.15, -0.1) is 0 Å². The van der Waals surface area contributed by atoms with Crippen molar-refractivity contribution in [3.63, 3.8) is 0 Å². The van der Waals surface area contributed by atoms with Crippen molar-refractivity contribution in [1.29, 1.82) is 0 Å². The van der Waals surface area contributed by atoms with E-state index in [9.17, 15) is 4.79 Å². The van der Waals surface area contributed by atoms with Gasteiger partial charge >= 0.3 is 0 Å². The van der Waals surface area contributed by atoms with E-state index in [4.69, 9.17) is 4.74 Å². The van der Waals surface area contributed by atoms with Gasteiger partial charge in [-0.2, -0.15) is 0 Å². The fourth-order valence-corrected chi connectivity index (χ4v) is 3.80. The minimum atomic E-state index is 0.262. The molecule has 0 unspecified atom stereocenters. The fraction of sp³-hybridized carbons (Fsp3) is 0.429. The normalized spacial score (nSPS) is 14.1. The number of carbonyl (C=O) groups is 1. The van der Waals surface area contributed by atoms with Crippen molar-refractivity contribution in [2.45, 2.75) is 38.6 Å². The second kappa shape index (κ2) is 8.29. The zero-order chi connectivity index (χ0) is 19.4. The molecule has 1 aliphatic carbocycles. The number of nitrogens with one attached hydrogen (secondary N) is 1. The van der Waals surface area contributed by atoms with Gasteiger partial charge in [0.1, 0.15) is 11.6 Å². The molecule has 6 nitrogen and oxygen atoms in total. The molecule has 0 saturated heterocycles. The summed E-state index contributed by atoms with van der Waals surface area (Å²) < 4.78 is 5.30. The molecule has 1 aromatic carbocycles. The van der Waals surface area contributed by atoms with Gasteiger partial charge in [0, 0.05) is 31.9 Å². The quantitative estimate of drug-likeness (QED) is 0.745. The Balaban J connectivity index is 1.97. The van der Waals surface area contributed by atoms with Gasteiger partial charge in [-0.1, -0.05) is 12.8 Å². The van der Waals surface area contributed by atoms with Crippen LogP contribution < -0.4 is 19.9 Å². The molecule has 1 amide bonds. The van der Waals surface area contributed by atoms with Crippen molar-refractivity contribution in [3.05, 3.63) is 36.0 Å². The van der Waals surface area contributed by atoms with Crippen molar-refractivity contribution < 1.29 is 9.53 Å². The van der Waals surface area contributed by atoms with Gasteiger partial charge in [-0.3, -0.25) is 4.79 Å². The lowest BCUT2D eigenvalue weighted by atomic mass is 10.1. The van der Waals surface area contributed by atoms with Crippen LogP contribution in [-0.4, -0.2) is 38.6 Å². The van der Waals surface area contributed by atoms with Gasteiger partial charge in [0.05, 0.1) is 24.7 Å². The number of hydrogen-bond acceptors (Lipinski definition) is 5. The molecule has 1 fully saturated rings. The number of ether oxygens (including phenoxy) is 1. The van der Waals surface area contributed by atoms with Crippen LogP contribution in [0.5, 0.6) is 5.75 Å². The number of benzene rings is 1. The Kier molecular flexibility index (Phi) is 5.84. The number of carbonyl (C=O) groups excluding carboxylic acids is 1. The lowest BCUT2D eigenvalue weighted by Crippen LogP contribution is -2.32. The first-order valence-electron chi connectivity index (χ1n) is 9.38. The summed E-state index contributed by atoms with van der Waals surface area (Å²) in [5, 5.41) is 3.17. The summed E-state index contributed by atoms with van der Waals surface area (Å²) in [4.78, 5) is 20.4. The van der Waals surface area contributed by atoms with E-state index in [-0.39, 0.29) is 6.04 Å². The highest BCUT2D eigenvalue weighted by Crippen LogP contribution is 2.36. The minimum absolute atomic E-state index is 0.262. The monoisotopic (exact) mass is 368 g/mol. The number of rotatable bonds is 7. The van der Waals surface area contributed by atoms with E-state index < -0.39 is 0 Å². The number of pyridine rings is 1. The number of amides is 1. The van der Waals surface area contributed by atoms with E-state index in [0.717, 1.165) is 53.4 Å². The second-order valence-corrected chi connectivity index (χ2v) is 6.97. The maximum atomic E-state index is 11.9. The van der Waals surface area contributed by atoms with Crippen molar-refractivity contribution in [1.82, 2.24) is 4.98 Å². The van der Waals surface area contributed by atoms with Crippen molar-refractivity contribution >= 4 is 29.3 Å². The van der Waals surface area contributed by atoms with Gasteiger partial charge < -0.3 is 19.9 Å². The van der Waals surface area contributed by atoms with Crippen LogP contribution in [0.25, 0.3) is 0 Å². The number of methoxy groups -OCH3 is 1. The van der Waals surface area contributed by atoms with Crippen LogP contribution in [0.15, 0.2) is 30.5 Å². The van der Waals surface area contributed by atoms with Crippen LogP contribution in [0.1, 0.15) is 31.2 Å². The third kappa shape index (κ3) is 3.84. The van der Waals surface area contributed by atoms with Gasteiger partial charge in [0.25, 0.3) is 0 Å². The molecule has 6 heteroatoms. The predicted octanol–water partition coefficient (Wildman–Crippen LogP) is 4.11. The minimum Gasteiger partial charge on any atom is -0.497 e. The van der Waals surface area contributed by atoms with Crippen LogP contribution in [0.4, 0.5) is 22.9 Å². The zero-order valence-corrected chi connectivity index (χ0v) is 16.5. The predicted molar refractivity (Wildman–Crippen MR) is 110 cm³/mol. The number of aromatic nitrogens is 1. The Morgan fingerprint density at radius 3 is 2.56 bits per heavy atom. The van der Waals surface area contributed by atoms with E-state index in [2.05, 4.69) is 10.3 Å². The van der Waals surface area contributed by atoms with Crippen LogP contribution in [0, 0.1) is 6.92 Å². The van der Waals surface area contributed by atoms with E-state index in [1.807, 2.05) is 55.1 Å². The first-order valence-corrected chi connectivity index (χ1v) is 9.38.